The number of fused-ring (bicyclic) bond motifs is 1. The van der Waals surface area contributed by atoms with Gasteiger partial charge in [0, 0.05) is 0 Å². The van der Waals surface area contributed by atoms with E-state index in [1.54, 1.807) is 13.0 Å². The van der Waals surface area contributed by atoms with Crippen LogP contribution < -0.4 is 11.1 Å². The lowest BCUT2D eigenvalue weighted by molar-refractivity contribution is -0.114. The van der Waals surface area contributed by atoms with E-state index in [1.807, 2.05) is 30.3 Å². The lowest BCUT2D eigenvalue weighted by atomic mass is 10.0. The number of nitrogens with one attached hydrogen (secondary N) is 1. The molecule has 1 aliphatic rings. The van der Waals surface area contributed by atoms with Gasteiger partial charge in [-0.25, -0.2) is 4.68 Å². The Bertz CT molecular complexity index is 744. The zero-order valence-electron chi connectivity index (χ0n) is 10.8. The first kappa shape index (κ1) is 12.2. The van der Waals surface area contributed by atoms with Crippen LogP contribution in [0.1, 0.15) is 23.0 Å². The summed E-state index contributed by atoms with van der Waals surface area (Å²) in [6, 6.07) is 9.21. The summed E-state index contributed by atoms with van der Waals surface area (Å²) < 4.78 is 1.46. The molecule has 100 valence electrons. The Labute approximate surface area is 114 Å². The third-order valence-electron chi connectivity index (χ3n) is 3.16. The van der Waals surface area contributed by atoms with E-state index >= 15 is 0 Å². The van der Waals surface area contributed by atoms with Crippen LogP contribution in [0.5, 0.6) is 0 Å². The van der Waals surface area contributed by atoms with Crippen molar-refractivity contribution in [3.05, 3.63) is 47.7 Å². The Morgan fingerprint density at radius 1 is 1.20 bits per heavy atom. The first-order valence-electron chi connectivity index (χ1n) is 6.09. The van der Waals surface area contributed by atoms with E-state index in [2.05, 4.69) is 10.4 Å². The fourth-order valence-electron chi connectivity index (χ4n) is 2.22. The topological polar surface area (TPSA) is 90.0 Å². The molecule has 0 radical (unpaired) electrons. The number of rotatable bonds is 1. The predicted octanol–water partition coefficient (Wildman–Crippen LogP) is 1.13. The van der Waals surface area contributed by atoms with Crippen molar-refractivity contribution in [1.29, 1.82) is 0 Å². The number of hydrogen-bond acceptors (Lipinski definition) is 4. The van der Waals surface area contributed by atoms with E-state index in [1.165, 1.54) is 4.68 Å². The molecule has 0 bridgehead atoms. The summed E-state index contributed by atoms with van der Waals surface area (Å²) in [4.78, 5) is 23.7. The number of allylic oxidation sites excluding steroid dienone is 1. The van der Waals surface area contributed by atoms with Crippen molar-refractivity contribution in [2.45, 2.75) is 6.92 Å². The fraction of sp³-hybridized carbons (Fsp3) is 0.0714. The summed E-state index contributed by atoms with van der Waals surface area (Å²) >= 11 is 0. The molecule has 3 rings (SSSR count). The normalized spacial score (nSPS) is 16.1. The molecule has 0 atom stereocenters. The van der Waals surface area contributed by atoms with Crippen LogP contribution in [-0.4, -0.2) is 21.6 Å². The maximum Gasteiger partial charge on any atom is 0.264 e. The highest BCUT2D eigenvalue weighted by molar-refractivity contribution is 6.31. The number of carbonyl (C=O) groups excluding carboxylic acids is 2. The molecule has 20 heavy (non-hydrogen) atoms. The summed E-state index contributed by atoms with van der Waals surface area (Å²) in [6.07, 6.45) is 1.61. The molecule has 0 fully saturated rings. The van der Waals surface area contributed by atoms with Crippen molar-refractivity contribution in [3.63, 3.8) is 0 Å². The van der Waals surface area contributed by atoms with Crippen molar-refractivity contribution >= 4 is 23.2 Å². The molecular formula is C14H12N4O2. The molecule has 0 saturated heterocycles. The Hall–Kier alpha value is -2.89. The molecule has 6 nitrogen and oxygen atoms in total. The second-order valence-corrected chi connectivity index (χ2v) is 4.34. The molecule has 2 amide bonds. The smallest absolute Gasteiger partial charge is 0.264 e. The van der Waals surface area contributed by atoms with Crippen LogP contribution in [0.15, 0.2) is 36.4 Å². The first-order valence-corrected chi connectivity index (χ1v) is 6.09. The minimum absolute atomic E-state index is 0.218. The van der Waals surface area contributed by atoms with Gasteiger partial charge in [-0.1, -0.05) is 24.3 Å². The van der Waals surface area contributed by atoms with Crippen LogP contribution in [0.25, 0.3) is 11.3 Å². The zero-order valence-corrected chi connectivity index (χ0v) is 10.8. The number of anilines is 1. The summed E-state index contributed by atoms with van der Waals surface area (Å²) in [6.45, 7) is 1.71. The average molecular weight is 268 g/mol. The Kier molecular flexibility index (Phi) is 2.64. The molecule has 2 heterocycles. The number of benzene rings is 1. The molecule has 2 aromatic rings. The molecule has 0 unspecified atom stereocenters. The number of para-hydroxylation sites is 1. The van der Waals surface area contributed by atoms with Gasteiger partial charge >= 0.3 is 0 Å². The first-order chi connectivity index (χ1) is 9.63. The molecule has 1 aliphatic heterocycles. The van der Waals surface area contributed by atoms with Crippen LogP contribution in [0.3, 0.4) is 0 Å². The second kappa shape index (κ2) is 4.34. The average Bonchev–Trinajstić information content (AvgIpc) is 2.78. The van der Waals surface area contributed by atoms with E-state index in [9.17, 15) is 9.59 Å². The fourth-order valence-corrected chi connectivity index (χ4v) is 2.22. The summed E-state index contributed by atoms with van der Waals surface area (Å²) in [7, 11) is 0. The van der Waals surface area contributed by atoms with Gasteiger partial charge in [0.05, 0.1) is 11.3 Å². The van der Waals surface area contributed by atoms with Crippen LogP contribution in [0.4, 0.5) is 5.82 Å². The number of aromatic nitrogens is 2. The third-order valence-corrected chi connectivity index (χ3v) is 3.16. The van der Waals surface area contributed by atoms with Gasteiger partial charge in [-0.2, -0.15) is 5.10 Å². The van der Waals surface area contributed by atoms with E-state index in [0.717, 1.165) is 5.69 Å². The third kappa shape index (κ3) is 1.62. The van der Waals surface area contributed by atoms with E-state index in [-0.39, 0.29) is 11.4 Å². The van der Waals surface area contributed by atoms with Gasteiger partial charge in [-0.15, -0.1) is 0 Å². The van der Waals surface area contributed by atoms with Gasteiger partial charge in [0.15, 0.2) is 0 Å². The van der Waals surface area contributed by atoms with Gasteiger partial charge in [-0.05, 0) is 19.1 Å². The Morgan fingerprint density at radius 3 is 2.55 bits per heavy atom. The number of nitrogens with two attached hydrogens (primary N) is 1. The monoisotopic (exact) mass is 268 g/mol. The number of hydrogen-bond donors (Lipinski definition) is 2. The summed E-state index contributed by atoms with van der Waals surface area (Å²) in [5.41, 5.74) is 7.65. The second-order valence-electron chi connectivity index (χ2n) is 4.34. The lowest BCUT2D eigenvalue weighted by Gasteiger charge is -2.12. The Balaban J connectivity index is 2.26. The largest absolute Gasteiger partial charge is 0.383 e. The van der Waals surface area contributed by atoms with Crippen molar-refractivity contribution in [2.24, 2.45) is 0 Å². The molecule has 1 aromatic heterocycles. The van der Waals surface area contributed by atoms with E-state index in [4.69, 9.17) is 5.73 Å². The van der Waals surface area contributed by atoms with Gasteiger partial charge in [0.2, 0.25) is 0 Å². The highest BCUT2D eigenvalue weighted by atomic mass is 16.2. The van der Waals surface area contributed by atoms with Crippen LogP contribution in [0, 0.1) is 0 Å². The maximum atomic E-state index is 11.9. The maximum absolute atomic E-state index is 11.9. The quantitative estimate of drug-likeness (QED) is 0.599. The number of carbonyl (C=O) groups is 2. The van der Waals surface area contributed by atoms with E-state index in [0.29, 0.717) is 11.3 Å². The summed E-state index contributed by atoms with van der Waals surface area (Å²) in [5, 5.41) is 6.58. The predicted molar refractivity (Wildman–Crippen MR) is 74.1 cm³/mol. The van der Waals surface area contributed by atoms with Gasteiger partial charge in [0.1, 0.15) is 17.1 Å². The number of imide groups is 1. The molecule has 0 aliphatic carbocycles. The molecule has 1 aromatic carbocycles. The van der Waals surface area contributed by atoms with Gasteiger partial charge < -0.3 is 5.73 Å². The highest BCUT2D eigenvalue weighted by Gasteiger charge is 2.33. The molecule has 3 N–H and O–H groups in total. The van der Waals surface area contributed by atoms with Crippen molar-refractivity contribution in [2.75, 3.05) is 5.73 Å². The highest BCUT2D eigenvalue weighted by Crippen LogP contribution is 2.29. The number of nitrogens with zero attached hydrogens (tertiary/aromatic N) is 2. The van der Waals surface area contributed by atoms with Crippen molar-refractivity contribution in [3.8, 4) is 5.69 Å². The Morgan fingerprint density at radius 2 is 1.90 bits per heavy atom. The lowest BCUT2D eigenvalue weighted by Crippen LogP contribution is -2.36. The van der Waals surface area contributed by atoms with Crippen molar-refractivity contribution in [1.82, 2.24) is 15.1 Å². The molecule has 0 spiro atoms. The number of nitrogen functional groups attached to an aromatic ring is 1. The SMILES string of the molecule is C/C=C1/C(=O)NC(=O)c2c1nn(-c1ccccc1)c2N. The van der Waals surface area contributed by atoms with Crippen LogP contribution in [0.2, 0.25) is 0 Å². The van der Waals surface area contributed by atoms with Crippen molar-refractivity contribution < 1.29 is 9.59 Å². The minimum Gasteiger partial charge on any atom is -0.383 e. The van der Waals surface area contributed by atoms with Crippen LogP contribution in [-0.2, 0) is 4.79 Å². The molecular weight excluding hydrogens is 256 g/mol. The zero-order chi connectivity index (χ0) is 14.3. The summed E-state index contributed by atoms with van der Waals surface area (Å²) in [5.74, 6) is -0.756. The van der Waals surface area contributed by atoms with E-state index < -0.39 is 11.8 Å². The van der Waals surface area contributed by atoms with Gasteiger partial charge in [-0.3, -0.25) is 14.9 Å². The standard InChI is InChI=1S/C14H12N4O2/c1-2-9-11-10(14(20)16-13(9)19)12(15)18(17-11)8-6-4-3-5-7-8/h2-7H,15H2,1H3,(H,16,19,20)/b9-2+. The van der Waals surface area contributed by atoms with Gasteiger partial charge in [0.25, 0.3) is 11.8 Å². The molecule has 0 saturated carbocycles. The minimum atomic E-state index is -0.518. The molecule has 6 heteroatoms. The van der Waals surface area contributed by atoms with Crippen LogP contribution >= 0.6 is 0 Å². The number of amides is 2.